The topological polar surface area (TPSA) is 93.8 Å². The van der Waals surface area contributed by atoms with Gasteiger partial charge in [0.2, 0.25) is 11.8 Å². The Bertz CT molecular complexity index is 871. The summed E-state index contributed by atoms with van der Waals surface area (Å²) in [6, 6.07) is 8.73. The van der Waals surface area contributed by atoms with Gasteiger partial charge in [-0.2, -0.15) is 0 Å². The van der Waals surface area contributed by atoms with Crippen LogP contribution in [0.25, 0.3) is 11.5 Å². The minimum absolute atomic E-state index is 0.233. The molecule has 0 saturated heterocycles. The lowest BCUT2D eigenvalue weighted by Gasteiger charge is -2.07. The van der Waals surface area contributed by atoms with Gasteiger partial charge >= 0.3 is 0 Å². The maximum Gasteiger partial charge on any atom is 0.256 e. The summed E-state index contributed by atoms with van der Waals surface area (Å²) < 4.78 is 5.36. The summed E-state index contributed by atoms with van der Waals surface area (Å²) in [5.41, 5.74) is 2.17. The van der Waals surface area contributed by atoms with Gasteiger partial charge in [0.05, 0.1) is 0 Å². The van der Waals surface area contributed by atoms with E-state index in [-0.39, 0.29) is 5.91 Å². The molecule has 0 aliphatic rings. The first kappa shape index (κ1) is 15.8. The van der Waals surface area contributed by atoms with E-state index < -0.39 is 0 Å². The molecule has 1 aromatic carbocycles. The fourth-order valence-electron chi connectivity index (χ4n) is 2.24. The highest BCUT2D eigenvalue weighted by Crippen LogP contribution is 2.18. The zero-order chi connectivity index (χ0) is 17.1. The summed E-state index contributed by atoms with van der Waals surface area (Å²) in [4.78, 5) is 20.9. The molecule has 3 rings (SSSR count). The van der Waals surface area contributed by atoms with Crippen molar-refractivity contribution in [3.63, 3.8) is 0 Å². The number of hydrogen-bond acceptors (Lipinski definition) is 6. The number of amides is 1. The van der Waals surface area contributed by atoms with Gasteiger partial charge in [0.1, 0.15) is 11.6 Å². The predicted molar refractivity (Wildman–Crippen MR) is 88.6 cm³/mol. The third kappa shape index (κ3) is 3.45. The molecule has 0 bridgehead atoms. The van der Waals surface area contributed by atoms with E-state index in [1.807, 2.05) is 6.92 Å². The smallest absolute Gasteiger partial charge is 0.256 e. The van der Waals surface area contributed by atoms with Crippen molar-refractivity contribution in [1.29, 1.82) is 0 Å². The van der Waals surface area contributed by atoms with Gasteiger partial charge in [-0.1, -0.05) is 6.92 Å². The molecule has 122 valence electrons. The molecule has 0 aliphatic heterocycles. The van der Waals surface area contributed by atoms with Gasteiger partial charge in [-0.15, -0.1) is 10.2 Å². The second-order valence-electron chi connectivity index (χ2n) is 5.30. The Morgan fingerprint density at radius 2 is 1.88 bits per heavy atom. The predicted octanol–water partition coefficient (Wildman–Crippen LogP) is 2.96. The molecule has 0 spiro atoms. The summed E-state index contributed by atoms with van der Waals surface area (Å²) in [5.74, 6) is 1.83. The van der Waals surface area contributed by atoms with Gasteiger partial charge in [0.15, 0.2) is 0 Å². The van der Waals surface area contributed by atoms with E-state index in [4.69, 9.17) is 4.42 Å². The highest BCUT2D eigenvalue weighted by atomic mass is 16.4. The van der Waals surface area contributed by atoms with Crippen molar-refractivity contribution in [2.24, 2.45) is 0 Å². The molecular weight excluding hydrogens is 306 g/mol. The van der Waals surface area contributed by atoms with Crippen molar-refractivity contribution in [3.05, 3.63) is 53.3 Å². The average Bonchev–Trinajstić information content (AvgIpc) is 3.01. The van der Waals surface area contributed by atoms with Crippen molar-refractivity contribution in [1.82, 2.24) is 20.2 Å². The summed E-state index contributed by atoms with van der Waals surface area (Å²) in [5, 5.41) is 10.5. The highest BCUT2D eigenvalue weighted by molar-refractivity contribution is 6.03. The first-order valence-corrected chi connectivity index (χ1v) is 7.61. The van der Waals surface area contributed by atoms with Crippen LogP contribution in [0.15, 0.2) is 34.7 Å². The van der Waals surface area contributed by atoms with E-state index in [1.165, 1.54) is 0 Å². The standard InChI is InChI=1S/C17H17N5O2/c1-4-14-9-15(19-10(2)18-14)20-16(23)12-5-7-13(8-6-12)17-22-21-11(3)24-17/h5-9H,4H2,1-3H3,(H,18,19,20,23). The summed E-state index contributed by atoms with van der Waals surface area (Å²) >= 11 is 0. The van der Waals surface area contributed by atoms with Crippen molar-refractivity contribution in [2.45, 2.75) is 27.2 Å². The van der Waals surface area contributed by atoms with E-state index in [0.717, 1.165) is 17.7 Å². The normalized spacial score (nSPS) is 10.6. The van der Waals surface area contributed by atoms with Crippen LogP contribution in [0, 0.1) is 13.8 Å². The van der Waals surface area contributed by atoms with Gasteiger partial charge < -0.3 is 9.73 Å². The molecule has 7 heteroatoms. The van der Waals surface area contributed by atoms with Crippen molar-refractivity contribution >= 4 is 11.7 Å². The van der Waals surface area contributed by atoms with E-state index in [1.54, 1.807) is 44.2 Å². The van der Waals surface area contributed by atoms with Gasteiger partial charge in [-0.3, -0.25) is 4.79 Å². The summed E-state index contributed by atoms with van der Waals surface area (Å²) in [6.45, 7) is 5.54. The van der Waals surface area contributed by atoms with Crippen LogP contribution in [-0.4, -0.2) is 26.1 Å². The molecule has 0 saturated carbocycles. The number of aromatic nitrogens is 4. The SMILES string of the molecule is CCc1cc(NC(=O)c2ccc(-c3nnc(C)o3)cc2)nc(C)n1. The molecular formula is C17H17N5O2. The van der Waals surface area contributed by atoms with E-state index in [9.17, 15) is 4.79 Å². The van der Waals surface area contributed by atoms with Crippen LogP contribution in [0.3, 0.4) is 0 Å². The Hall–Kier alpha value is -3.09. The summed E-state index contributed by atoms with van der Waals surface area (Å²) in [6.07, 6.45) is 0.782. The molecule has 7 nitrogen and oxygen atoms in total. The van der Waals surface area contributed by atoms with Crippen LogP contribution in [0.4, 0.5) is 5.82 Å². The number of anilines is 1. The maximum atomic E-state index is 12.4. The third-order valence-corrected chi connectivity index (χ3v) is 3.41. The van der Waals surface area contributed by atoms with Gasteiger partial charge in [-0.25, -0.2) is 9.97 Å². The van der Waals surface area contributed by atoms with Crippen molar-refractivity contribution < 1.29 is 9.21 Å². The molecule has 1 N–H and O–H groups in total. The number of nitrogens with zero attached hydrogens (tertiary/aromatic N) is 4. The summed E-state index contributed by atoms with van der Waals surface area (Å²) in [7, 11) is 0. The number of aryl methyl sites for hydroxylation is 3. The largest absolute Gasteiger partial charge is 0.421 e. The maximum absolute atomic E-state index is 12.4. The lowest BCUT2D eigenvalue weighted by Crippen LogP contribution is -2.14. The van der Waals surface area contributed by atoms with Gasteiger partial charge in [0.25, 0.3) is 5.91 Å². The van der Waals surface area contributed by atoms with E-state index >= 15 is 0 Å². The van der Waals surface area contributed by atoms with Crippen molar-refractivity contribution in [3.8, 4) is 11.5 Å². The number of nitrogens with one attached hydrogen (secondary N) is 1. The van der Waals surface area contributed by atoms with Crippen LogP contribution in [0.5, 0.6) is 0 Å². The molecule has 0 atom stereocenters. The molecule has 0 aliphatic carbocycles. The van der Waals surface area contributed by atoms with Crippen LogP contribution in [0.1, 0.15) is 34.7 Å². The minimum Gasteiger partial charge on any atom is -0.421 e. The molecule has 0 fully saturated rings. The zero-order valence-electron chi connectivity index (χ0n) is 13.7. The van der Waals surface area contributed by atoms with Gasteiger partial charge in [-0.05, 0) is 37.6 Å². The molecule has 2 heterocycles. The molecule has 0 radical (unpaired) electrons. The van der Waals surface area contributed by atoms with Crippen LogP contribution >= 0.6 is 0 Å². The molecule has 1 amide bonds. The number of carbonyl (C=O) groups is 1. The van der Waals surface area contributed by atoms with Crippen LogP contribution < -0.4 is 5.32 Å². The zero-order valence-corrected chi connectivity index (χ0v) is 13.7. The fraction of sp³-hybridized carbons (Fsp3) is 0.235. The average molecular weight is 323 g/mol. The first-order chi connectivity index (χ1) is 11.5. The quantitative estimate of drug-likeness (QED) is 0.793. The van der Waals surface area contributed by atoms with E-state index in [2.05, 4.69) is 25.5 Å². The number of carbonyl (C=O) groups excluding carboxylic acids is 1. The Kier molecular flexibility index (Phi) is 4.33. The minimum atomic E-state index is -0.233. The van der Waals surface area contributed by atoms with Crippen molar-refractivity contribution in [2.75, 3.05) is 5.32 Å². The molecule has 24 heavy (non-hydrogen) atoms. The monoisotopic (exact) mass is 323 g/mol. The Labute approximate surface area is 139 Å². The van der Waals surface area contributed by atoms with Crippen LogP contribution in [-0.2, 0) is 6.42 Å². The number of rotatable bonds is 4. The Morgan fingerprint density at radius 1 is 1.12 bits per heavy atom. The molecule has 0 unspecified atom stereocenters. The fourth-order valence-corrected chi connectivity index (χ4v) is 2.24. The third-order valence-electron chi connectivity index (χ3n) is 3.41. The lowest BCUT2D eigenvalue weighted by molar-refractivity contribution is 0.102. The second kappa shape index (κ2) is 6.57. The first-order valence-electron chi connectivity index (χ1n) is 7.61. The Morgan fingerprint density at radius 3 is 2.50 bits per heavy atom. The molecule has 2 aromatic heterocycles. The van der Waals surface area contributed by atoms with Crippen LogP contribution in [0.2, 0.25) is 0 Å². The number of benzene rings is 1. The van der Waals surface area contributed by atoms with E-state index in [0.29, 0.717) is 29.0 Å². The number of hydrogen-bond donors (Lipinski definition) is 1. The Balaban J connectivity index is 1.77. The van der Waals surface area contributed by atoms with Gasteiger partial charge in [0, 0.05) is 29.8 Å². The highest BCUT2D eigenvalue weighted by Gasteiger charge is 2.11. The second-order valence-corrected chi connectivity index (χ2v) is 5.30. The lowest BCUT2D eigenvalue weighted by atomic mass is 10.1. The molecule has 3 aromatic rings.